The molecule has 0 aromatic carbocycles. The van der Waals surface area contributed by atoms with Gasteiger partial charge in [-0.2, -0.15) is 0 Å². The lowest BCUT2D eigenvalue weighted by atomic mass is 10.2. The summed E-state index contributed by atoms with van der Waals surface area (Å²) in [6, 6.07) is 0. The maximum absolute atomic E-state index is 11.2. The average molecular weight is 258 g/mol. The third-order valence-electron chi connectivity index (χ3n) is 2.94. The van der Waals surface area contributed by atoms with Crippen molar-refractivity contribution >= 4 is 6.16 Å². The molecule has 3 heteroatoms. The van der Waals surface area contributed by atoms with Gasteiger partial charge in [0.2, 0.25) is 0 Å². The van der Waals surface area contributed by atoms with Crippen LogP contribution in [0.5, 0.6) is 0 Å². The lowest BCUT2D eigenvalue weighted by molar-refractivity contribution is 0.0529. The summed E-state index contributed by atoms with van der Waals surface area (Å²) in [7, 11) is 0. The van der Waals surface area contributed by atoms with E-state index < -0.39 is 6.16 Å². The highest BCUT2D eigenvalue weighted by molar-refractivity contribution is 5.59. The Bertz CT molecular complexity index is 163. The molecule has 18 heavy (non-hydrogen) atoms. The summed E-state index contributed by atoms with van der Waals surface area (Å²) in [6.07, 6.45) is 11.1. The van der Waals surface area contributed by atoms with Crippen LogP contribution in [0.2, 0.25) is 0 Å². The minimum absolute atomic E-state index is 0.498. The summed E-state index contributed by atoms with van der Waals surface area (Å²) >= 11 is 0. The topological polar surface area (TPSA) is 35.5 Å². The predicted octanol–water partition coefficient (Wildman–Crippen LogP) is 5.08. The van der Waals surface area contributed by atoms with Crippen LogP contribution in [0.3, 0.4) is 0 Å². The predicted molar refractivity (Wildman–Crippen MR) is 74.8 cm³/mol. The van der Waals surface area contributed by atoms with E-state index in [1.165, 1.54) is 38.5 Å². The number of carbonyl (C=O) groups is 1. The minimum atomic E-state index is -0.499. The third-order valence-corrected chi connectivity index (χ3v) is 2.94. The molecule has 0 spiro atoms. The molecule has 3 nitrogen and oxygen atoms in total. The lowest BCUT2D eigenvalue weighted by Gasteiger charge is -2.06. The van der Waals surface area contributed by atoms with Crippen LogP contribution < -0.4 is 0 Å². The second kappa shape index (κ2) is 14.3. The van der Waals surface area contributed by atoms with Gasteiger partial charge < -0.3 is 9.47 Å². The van der Waals surface area contributed by atoms with Crippen molar-refractivity contribution in [3.05, 3.63) is 0 Å². The van der Waals surface area contributed by atoms with Crippen molar-refractivity contribution in [1.29, 1.82) is 0 Å². The molecule has 0 atom stereocenters. The molecule has 0 bridgehead atoms. The molecule has 0 aromatic rings. The molecule has 0 aliphatic carbocycles. The van der Waals surface area contributed by atoms with Crippen LogP contribution in [0.25, 0.3) is 0 Å². The minimum Gasteiger partial charge on any atom is -0.434 e. The summed E-state index contributed by atoms with van der Waals surface area (Å²) in [6.45, 7) is 5.37. The molecule has 0 saturated heterocycles. The quantitative estimate of drug-likeness (QED) is 0.362. The first-order valence-corrected chi connectivity index (χ1v) is 7.60. The Labute approximate surface area is 112 Å². The van der Waals surface area contributed by atoms with Crippen LogP contribution in [-0.2, 0) is 9.47 Å². The first-order chi connectivity index (χ1) is 8.81. The number of hydrogen-bond donors (Lipinski definition) is 0. The fourth-order valence-corrected chi connectivity index (χ4v) is 1.76. The Morgan fingerprint density at radius 2 is 1.06 bits per heavy atom. The Hall–Kier alpha value is -0.730. The molecule has 0 aliphatic rings. The van der Waals surface area contributed by atoms with Crippen molar-refractivity contribution in [2.75, 3.05) is 13.2 Å². The van der Waals surface area contributed by atoms with Gasteiger partial charge in [0.1, 0.15) is 0 Å². The van der Waals surface area contributed by atoms with E-state index in [1.54, 1.807) is 0 Å². The Morgan fingerprint density at radius 1 is 0.667 bits per heavy atom. The first-order valence-electron chi connectivity index (χ1n) is 7.60. The van der Waals surface area contributed by atoms with E-state index in [9.17, 15) is 4.79 Å². The van der Waals surface area contributed by atoms with E-state index in [0.717, 1.165) is 25.7 Å². The van der Waals surface area contributed by atoms with Crippen LogP contribution in [-0.4, -0.2) is 19.4 Å². The van der Waals surface area contributed by atoms with Crippen molar-refractivity contribution in [3.63, 3.8) is 0 Å². The van der Waals surface area contributed by atoms with E-state index >= 15 is 0 Å². The van der Waals surface area contributed by atoms with Crippen molar-refractivity contribution in [2.24, 2.45) is 0 Å². The summed E-state index contributed by atoms with van der Waals surface area (Å²) in [4.78, 5) is 11.2. The zero-order valence-corrected chi connectivity index (χ0v) is 12.2. The van der Waals surface area contributed by atoms with E-state index in [2.05, 4.69) is 13.8 Å². The second-order valence-corrected chi connectivity index (χ2v) is 4.78. The molecule has 0 saturated carbocycles. The molecule has 0 rings (SSSR count). The maximum atomic E-state index is 11.2. The van der Waals surface area contributed by atoms with Crippen molar-refractivity contribution in [3.8, 4) is 0 Å². The largest absolute Gasteiger partial charge is 0.508 e. The molecular weight excluding hydrogens is 228 g/mol. The van der Waals surface area contributed by atoms with Gasteiger partial charge >= 0.3 is 6.16 Å². The maximum Gasteiger partial charge on any atom is 0.508 e. The van der Waals surface area contributed by atoms with Crippen LogP contribution in [0.4, 0.5) is 4.79 Å². The van der Waals surface area contributed by atoms with Crippen LogP contribution >= 0.6 is 0 Å². The Balaban J connectivity index is 3.12. The molecule has 0 aliphatic heterocycles. The van der Waals surface area contributed by atoms with Crippen LogP contribution in [0, 0.1) is 0 Å². The molecule has 0 amide bonds. The fraction of sp³-hybridized carbons (Fsp3) is 0.933. The zero-order chi connectivity index (χ0) is 13.5. The number of rotatable bonds is 12. The van der Waals surface area contributed by atoms with Gasteiger partial charge in [-0.15, -0.1) is 0 Å². The van der Waals surface area contributed by atoms with Gasteiger partial charge in [-0.3, -0.25) is 0 Å². The van der Waals surface area contributed by atoms with Crippen LogP contribution in [0.15, 0.2) is 0 Å². The average Bonchev–Trinajstić information content (AvgIpc) is 2.38. The van der Waals surface area contributed by atoms with Gasteiger partial charge in [0.15, 0.2) is 0 Å². The molecule has 0 N–H and O–H groups in total. The van der Waals surface area contributed by atoms with Gasteiger partial charge in [-0.1, -0.05) is 65.2 Å². The van der Waals surface area contributed by atoms with Gasteiger partial charge in [0, 0.05) is 0 Å². The fourth-order valence-electron chi connectivity index (χ4n) is 1.76. The highest BCUT2D eigenvalue weighted by Crippen LogP contribution is 2.04. The van der Waals surface area contributed by atoms with Gasteiger partial charge in [-0.25, -0.2) is 4.79 Å². The molecule has 0 aromatic heterocycles. The van der Waals surface area contributed by atoms with Gasteiger partial charge in [0.25, 0.3) is 0 Å². The SMILES string of the molecule is CCCCCCCOC(=O)OCCCCCCC. The van der Waals surface area contributed by atoms with Gasteiger partial charge in [0.05, 0.1) is 13.2 Å². The smallest absolute Gasteiger partial charge is 0.434 e. The standard InChI is InChI=1S/C15H30O3/c1-3-5-7-9-11-13-17-15(16)18-14-12-10-8-6-4-2/h3-14H2,1-2H3. The lowest BCUT2D eigenvalue weighted by Crippen LogP contribution is -2.09. The third kappa shape index (κ3) is 13.3. The normalized spacial score (nSPS) is 10.3. The molecule has 0 unspecified atom stereocenters. The summed E-state index contributed by atoms with van der Waals surface area (Å²) in [5.74, 6) is 0. The van der Waals surface area contributed by atoms with E-state index in [0.29, 0.717) is 13.2 Å². The monoisotopic (exact) mass is 258 g/mol. The highest BCUT2D eigenvalue weighted by Gasteiger charge is 2.02. The number of hydrogen-bond acceptors (Lipinski definition) is 3. The van der Waals surface area contributed by atoms with Crippen molar-refractivity contribution < 1.29 is 14.3 Å². The van der Waals surface area contributed by atoms with Crippen LogP contribution in [0.1, 0.15) is 78.1 Å². The number of carbonyl (C=O) groups excluding carboxylic acids is 1. The molecule has 0 heterocycles. The summed E-state index contributed by atoms with van der Waals surface area (Å²) < 4.78 is 9.98. The van der Waals surface area contributed by atoms with E-state index in [-0.39, 0.29) is 0 Å². The first kappa shape index (κ1) is 17.3. The Morgan fingerprint density at radius 3 is 1.44 bits per heavy atom. The molecule has 108 valence electrons. The zero-order valence-electron chi connectivity index (χ0n) is 12.2. The molecular formula is C15H30O3. The van der Waals surface area contributed by atoms with E-state index in [1.807, 2.05) is 0 Å². The Kier molecular flexibility index (Phi) is 13.8. The number of unbranched alkanes of at least 4 members (excludes halogenated alkanes) is 8. The summed E-state index contributed by atoms with van der Waals surface area (Å²) in [5, 5.41) is 0. The van der Waals surface area contributed by atoms with Crippen molar-refractivity contribution in [1.82, 2.24) is 0 Å². The van der Waals surface area contributed by atoms with Gasteiger partial charge in [-0.05, 0) is 12.8 Å². The van der Waals surface area contributed by atoms with E-state index in [4.69, 9.17) is 9.47 Å². The van der Waals surface area contributed by atoms with Crippen molar-refractivity contribution in [2.45, 2.75) is 78.1 Å². The molecule has 0 fully saturated rings. The molecule has 0 radical (unpaired) electrons. The second-order valence-electron chi connectivity index (χ2n) is 4.78. The summed E-state index contributed by atoms with van der Waals surface area (Å²) in [5.41, 5.74) is 0. The highest BCUT2D eigenvalue weighted by atomic mass is 16.7. The number of ether oxygens (including phenoxy) is 2.